The van der Waals surface area contributed by atoms with Gasteiger partial charge < -0.3 is 5.11 Å². The SMILES string of the molecule is O=C(O)c1cncnn1.O=C1C=c2ccccc2=c2ccc3c(c21)CC(=O)C(c1cccc([N+](=O)[O-])c1)C=3. The maximum Gasteiger partial charge on any atom is 0.358 e. The molecule has 0 bridgehead atoms. The minimum atomic E-state index is -1.12. The van der Waals surface area contributed by atoms with Crippen LogP contribution in [0.2, 0.25) is 0 Å². The molecule has 0 radical (unpaired) electrons. The van der Waals surface area contributed by atoms with Gasteiger partial charge in [0.05, 0.1) is 17.0 Å². The van der Waals surface area contributed by atoms with Crippen molar-refractivity contribution in [1.82, 2.24) is 15.2 Å². The van der Waals surface area contributed by atoms with Crippen LogP contribution < -0.4 is 10.4 Å². The normalized spacial score (nSPS) is 14.9. The highest BCUT2D eigenvalue weighted by Crippen LogP contribution is 2.28. The Morgan fingerprint density at radius 2 is 1.82 bits per heavy atom. The molecule has 1 N–H and O–H groups in total. The average Bonchev–Trinajstić information content (AvgIpc) is 2.93. The number of Topliss-reactive ketones (excluding diaryl/α,β-unsaturated/α-hetero) is 2. The van der Waals surface area contributed by atoms with Crippen LogP contribution in [-0.4, -0.2) is 42.7 Å². The number of rotatable bonds is 3. The van der Waals surface area contributed by atoms with Crippen molar-refractivity contribution >= 4 is 35.4 Å². The van der Waals surface area contributed by atoms with Gasteiger partial charge in [0.1, 0.15) is 12.1 Å². The number of non-ortho nitro benzene ring substituents is 1. The Morgan fingerprint density at radius 3 is 2.53 bits per heavy atom. The number of carbonyl (C=O) groups is 3. The molecule has 186 valence electrons. The van der Waals surface area contributed by atoms with Crippen molar-refractivity contribution in [1.29, 1.82) is 0 Å². The number of hydrogen-bond acceptors (Lipinski definition) is 8. The van der Waals surface area contributed by atoms with Crippen LogP contribution in [-0.2, 0) is 11.2 Å². The fourth-order valence-electron chi connectivity index (χ4n) is 4.61. The Labute approximate surface area is 214 Å². The number of fused-ring (bicyclic) bond motifs is 4. The Morgan fingerprint density at radius 1 is 1.00 bits per heavy atom. The zero-order valence-electron chi connectivity index (χ0n) is 19.6. The van der Waals surface area contributed by atoms with Gasteiger partial charge in [-0.25, -0.2) is 9.78 Å². The predicted octanol–water partition coefficient (Wildman–Crippen LogP) is 2.12. The zero-order chi connectivity index (χ0) is 26.8. The van der Waals surface area contributed by atoms with Gasteiger partial charge in [-0.05, 0) is 38.1 Å². The highest BCUT2D eigenvalue weighted by Gasteiger charge is 2.27. The first-order valence-corrected chi connectivity index (χ1v) is 11.5. The van der Waals surface area contributed by atoms with Crippen molar-refractivity contribution in [2.75, 3.05) is 0 Å². The van der Waals surface area contributed by atoms with Gasteiger partial charge in [0.25, 0.3) is 5.69 Å². The monoisotopic (exact) mass is 506 g/mol. The first-order chi connectivity index (χ1) is 18.3. The maximum absolute atomic E-state index is 13.0. The molecular weight excluding hydrogens is 488 g/mol. The number of aromatic carboxylic acids is 1. The summed E-state index contributed by atoms with van der Waals surface area (Å²) in [5.74, 6) is -1.84. The largest absolute Gasteiger partial charge is 0.476 e. The van der Waals surface area contributed by atoms with Crippen LogP contribution in [0.5, 0.6) is 0 Å². The number of nitrogens with zero attached hydrogens (tertiary/aromatic N) is 4. The van der Waals surface area contributed by atoms with Crippen molar-refractivity contribution in [3.63, 3.8) is 0 Å². The molecule has 1 heterocycles. The molecular formula is C28H18N4O6. The third kappa shape index (κ3) is 4.58. The summed E-state index contributed by atoms with van der Waals surface area (Å²) in [4.78, 5) is 49.9. The van der Waals surface area contributed by atoms with E-state index in [1.165, 1.54) is 18.5 Å². The number of nitro benzene ring substituents is 1. The highest BCUT2D eigenvalue weighted by molar-refractivity contribution is 6.19. The topological polar surface area (TPSA) is 153 Å². The minimum absolute atomic E-state index is 0.0404. The lowest BCUT2D eigenvalue weighted by Crippen LogP contribution is -2.30. The molecule has 2 aliphatic carbocycles. The molecule has 0 saturated carbocycles. The number of carbonyl (C=O) groups excluding carboxylic acids is 2. The molecule has 0 aliphatic heterocycles. The molecule has 10 heteroatoms. The first-order valence-electron chi connectivity index (χ1n) is 11.5. The number of hydrogen-bond donors (Lipinski definition) is 1. The number of aromatic nitrogens is 3. The van der Waals surface area contributed by atoms with Crippen LogP contribution in [0.25, 0.3) is 12.2 Å². The Balaban J connectivity index is 0.000000278. The van der Waals surface area contributed by atoms with Crippen molar-refractivity contribution < 1.29 is 24.4 Å². The van der Waals surface area contributed by atoms with E-state index in [0.29, 0.717) is 11.1 Å². The molecule has 1 aromatic heterocycles. The fourth-order valence-corrected chi connectivity index (χ4v) is 4.61. The zero-order valence-corrected chi connectivity index (χ0v) is 19.6. The van der Waals surface area contributed by atoms with E-state index in [9.17, 15) is 24.5 Å². The van der Waals surface area contributed by atoms with Gasteiger partial charge in [-0.2, -0.15) is 0 Å². The van der Waals surface area contributed by atoms with E-state index in [-0.39, 0.29) is 29.4 Å². The molecule has 2 aliphatic rings. The van der Waals surface area contributed by atoms with Crippen LogP contribution in [0.1, 0.15) is 37.9 Å². The summed E-state index contributed by atoms with van der Waals surface area (Å²) < 4.78 is 0. The Kier molecular flexibility index (Phi) is 6.36. The lowest BCUT2D eigenvalue weighted by atomic mass is 9.81. The molecule has 0 spiro atoms. The standard InChI is InChI=1S/C24H15NO4.C4H3N3O2/c26-22-13-21-16(11-20(22)14-5-3-6-17(10-14)25(28)29)8-9-19-18-7-2-1-4-15(18)12-23(27)24(19)21;8-4(9)3-1-5-2-6-7-3/h1-12,20H,13H2;1-2H,(H,8,9). The van der Waals surface area contributed by atoms with E-state index in [1.54, 1.807) is 18.2 Å². The molecule has 1 atom stereocenters. The van der Waals surface area contributed by atoms with Gasteiger partial charge >= 0.3 is 5.97 Å². The van der Waals surface area contributed by atoms with Gasteiger partial charge in [-0.1, -0.05) is 54.6 Å². The van der Waals surface area contributed by atoms with E-state index < -0.39 is 16.8 Å². The van der Waals surface area contributed by atoms with E-state index >= 15 is 0 Å². The van der Waals surface area contributed by atoms with E-state index in [1.807, 2.05) is 42.5 Å². The number of benzene rings is 3. The molecule has 3 aromatic carbocycles. The van der Waals surface area contributed by atoms with Crippen LogP contribution in [0.3, 0.4) is 0 Å². The van der Waals surface area contributed by atoms with Gasteiger partial charge in [0.2, 0.25) is 0 Å². The third-order valence-corrected chi connectivity index (χ3v) is 6.32. The lowest BCUT2D eigenvalue weighted by Gasteiger charge is -2.20. The molecule has 1 unspecified atom stereocenters. The van der Waals surface area contributed by atoms with E-state index in [0.717, 1.165) is 32.6 Å². The van der Waals surface area contributed by atoms with Gasteiger partial charge in [-0.15, -0.1) is 10.2 Å². The Hall–Kier alpha value is -5.38. The predicted molar refractivity (Wildman–Crippen MR) is 134 cm³/mol. The van der Waals surface area contributed by atoms with Crippen molar-refractivity contribution in [3.8, 4) is 0 Å². The second-order valence-electron chi connectivity index (χ2n) is 8.59. The second-order valence-corrected chi connectivity index (χ2v) is 8.59. The van der Waals surface area contributed by atoms with Crippen molar-refractivity contribution in [2.45, 2.75) is 12.3 Å². The van der Waals surface area contributed by atoms with Crippen LogP contribution in [0, 0.1) is 20.6 Å². The van der Waals surface area contributed by atoms with Crippen LogP contribution in [0.4, 0.5) is 5.69 Å². The average molecular weight is 506 g/mol. The first kappa shape index (κ1) is 24.3. The van der Waals surface area contributed by atoms with Gasteiger partial charge in [0.15, 0.2) is 11.5 Å². The molecule has 0 fully saturated rings. The van der Waals surface area contributed by atoms with E-state index in [2.05, 4.69) is 15.2 Å². The molecule has 6 rings (SSSR count). The van der Waals surface area contributed by atoms with E-state index in [4.69, 9.17) is 5.11 Å². The minimum Gasteiger partial charge on any atom is -0.476 e. The Bertz CT molecular complexity index is 1850. The number of carboxylic acids is 1. The molecule has 4 aromatic rings. The second kappa shape index (κ2) is 9.94. The number of carboxylic acid groups (broad SMARTS) is 1. The molecule has 10 nitrogen and oxygen atoms in total. The quantitative estimate of drug-likeness (QED) is 0.325. The summed E-state index contributed by atoms with van der Waals surface area (Å²) in [5, 5.41) is 29.4. The van der Waals surface area contributed by atoms with Crippen LogP contribution in [0.15, 0.2) is 73.2 Å². The summed E-state index contributed by atoms with van der Waals surface area (Å²) >= 11 is 0. The molecule has 0 saturated heterocycles. The number of nitro groups is 1. The van der Waals surface area contributed by atoms with Crippen LogP contribution >= 0.6 is 0 Å². The van der Waals surface area contributed by atoms with Gasteiger partial charge in [-0.3, -0.25) is 19.7 Å². The summed E-state index contributed by atoms with van der Waals surface area (Å²) in [6.07, 6.45) is 5.87. The number of ketones is 2. The van der Waals surface area contributed by atoms with Gasteiger partial charge in [0, 0.05) is 24.1 Å². The smallest absolute Gasteiger partial charge is 0.358 e. The molecule has 38 heavy (non-hydrogen) atoms. The summed E-state index contributed by atoms with van der Waals surface area (Å²) in [6, 6.07) is 17.7. The molecule has 0 amide bonds. The third-order valence-electron chi connectivity index (χ3n) is 6.32. The lowest BCUT2D eigenvalue weighted by molar-refractivity contribution is -0.384. The highest BCUT2D eigenvalue weighted by atomic mass is 16.6. The summed E-state index contributed by atoms with van der Waals surface area (Å²) in [5.41, 5.74) is 1.74. The summed E-state index contributed by atoms with van der Waals surface area (Å²) in [6.45, 7) is 0. The maximum atomic E-state index is 13.0. The van der Waals surface area contributed by atoms with Crippen molar-refractivity contribution in [2.24, 2.45) is 0 Å². The van der Waals surface area contributed by atoms with Crippen molar-refractivity contribution in [3.05, 3.63) is 127 Å². The fraction of sp³-hybridized carbons (Fsp3) is 0.0714. The summed E-state index contributed by atoms with van der Waals surface area (Å²) in [7, 11) is 0.